The number of carbonyl (C=O) groups is 1. The Hall–Kier alpha value is -2.14. The topological polar surface area (TPSA) is 83.8 Å². The molecule has 0 radical (unpaired) electrons. The fourth-order valence-corrected chi connectivity index (χ4v) is 1.51. The second-order valence-electron chi connectivity index (χ2n) is 3.77. The second-order valence-corrected chi connectivity index (χ2v) is 3.77. The van der Waals surface area contributed by atoms with Gasteiger partial charge in [-0.05, 0) is 12.0 Å². The predicted octanol–water partition coefficient (Wildman–Crippen LogP) is 0.918. The fraction of sp³-hybridized carbons (Fsp3) is 0.167. The standard InChI is InChI=1S/C12H14N4O/c13-11(6-9-4-2-1-3-5-9)12(17)16-10-7-14-15-8-10/h1-5,7-8,11H,6,13H2,(H,14,15)(H,16,17). The number of aromatic nitrogens is 2. The third-order valence-corrected chi connectivity index (χ3v) is 2.40. The van der Waals surface area contributed by atoms with Crippen LogP contribution in [0.1, 0.15) is 5.56 Å². The molecule has 2 rings (SSSR count). The van der Waals surface area contributed by atoms with Gasteiger partial charge >= 0.3 is 0 Å². The molecule has 5 heteroatoms. The van der Waals surface area contributed by atoms with Crippen molar-refractivity contribution in [1.82, 2.24) is 10.2 Å². The lowest BCUT2D eigenvalue weighted by Crippen LogP contribution is -2.37. The van der Waals surface area contributed by atoms with Crippen molar-refractivity contribution >= 4 is 11.6 Å². The van der Waals surface area contributed by atoms with E-state index < -0.39 is 6.04 Å². The minimum absolute atomic E-state index is 0.213. The molecule has 0 saturated heterocycles. The molecular formula is C12H14N4O. The zero-order valence-electron chi connectivity index (χ0n) is 9.26. The Morgan fingerprint density at radius 1 is 1.41 bits per heavy atom. The molecular weight excluding hydrogens is 216 g/mol. The van der Waals surface area contributed by atoms with Crippen LogP contribution in [0.3, 0.4) is 0 Å². The molecule has 1 amide bonds. The highest BCUT2D eigenvalue weighted by molar-refractivity contribution is 5.94. The Morgan fingerprint density at radius 3 is 2.82 bits per heavy atom. The summed E-state index contributed by atoms with van der Waals surface area (Å²) in [6.45, 7) is 0. The van der Waals surface area contributed by atoms with E-state index in [1.54, 1.807) is 6.20 Å². The summed E-state index contributed by atoms with van der Waals surface area (Å²) in [5, 5.41) is 9.04. The Labute approximate surface area is 99.0 Å². The average Bonchev–Trinajstić information content (AvgIpc) is 2.83. The van der Waals surface area contributed by atoms with Crippen molar-refractivity contribution in [2.45, 2.75) is 12.5 Å². The van der Waals surface area contributed by atoms with E-state index in [9.17, 15) is 4.79 Å². The first kappa shape index (κ1) is 11.3. The molecule has 1 aromatic carbocycles. The van der Waals surface area contributed by atoms with Crippen molar-refractivity contribution in [3.05, 3.63) is 48.3 Å². The molecule has 1 unspecified atom stereocenters. The summed E-state index contributed by atoms with van der Waals surface area (Å²) >= 11 is 0. The summed E-state index contributed by atoms with van der Waals surface area (Å²) in [7, 11) is 0. The van der Waals surface area contributed by atoms with Gasteiger partial charge in [0.05, 0.1) is 17.9 Å². The van der Waals surface area contributed by atoms with Gasteiger partial charge in [-0.2, -0.15) is 5.10 Å². The quantitative estimate of drug-likeness (QED) is 0.730. The SMILES string of the molecule is NC(Cc1ccccc1)C(=O)Nc1cn[nH]c1. The Morgan fingerprint density at radius 2 is 2.18 bits per heavy atom. The molecule has 0 aliphatic rings. The number of hydrogen-bond acceptors (Lipinski definition) is 3. The minimum Gasteiger partial charge on any atom is -0.322 e. The van der Waals surface area contributed by atoms with E-state index in [2.05, 4.69) is 15.5 Å². The average molecular weight is 230 g/mol. The number of rotatable bonds is 4. The molecule has 0 fully saturated rings. The summed E-state index contributed by atoms with van der Waals surface area (Å²) in [5.41, 5.74) is 7.49. The predicted molar refractivity (Wildman–Crippen MR) is 65.3 cm³/mol. The first-order valence-electron chi connectivity index (χ1n) is 5.35. The van der Waals surface area contributed by atoms with E-state index in [0.717, 1.165) is 5.56 Å². The summed E-state index contributed by atoms with van der Waals surface area (Å²) in [6.07, 6.45) is 3.66. The lowest BCUT2D eigenvalue weighted by atomic mass is 10.1. The van der Waals surface area contributed by atoms with Crippen LogP contribution < -0.4 is 11.1 Å². The molecule has 1 aromatic heterocycles. The molecule has 5 nitrogen and oxygen atoms in total. The van der Waals surface area contributed by atoms with Crippen molar-refractivity contribution in [2.24, 2.45) is 5.73 Å². The van der Waals surface area contributed by atoms with E-state index in [1.165, 1.54) is 6.20 Å². The number of carbonyl (C=O) groups excluding carboxylic acids is 1. The molecule has 4 N–H and O–H groups in total. The van der Waals surface area contributed by atoms with Crippen molar-refractivity contribution < 1.29 is 4.79 Å². The molecule has 1 atom stereocenters. The van der Waals surface area contributed by atoms with Gasteiger partial charge in [0, 0.05) is 6.20 Å². The number of benzene rings is 1. The van der Waals surface area contributed by atoms with E-state index in [0.29, 0.717) is 12.1 Å². The van der Waals surface area contributed by atoms with Gasteiger partial charge in [0.2, 0.25) is 5.91 Å². The van der Waals surface area contributed by atoms with E-state index in [-0.39, 0.29) is 5.91 Å². The smallest absolute Gasteiger partial charge is 0.241 e. The van der Waals surface area contributed by atoms with Gasteiger partial charge < -0.3 is 11.1 Å². The number of amides is 1. The van der Waals surface area contributed by atoms with Gasteiger partial charge in [0.15, 0.2) is 0 Å². The summed E-state index contributed by atoms with van der Waals surface area (Å²) < 4.78 is 0. The van der Waals surface area contributed by atoms with Crippen LogP contribution in [0.2, 0.25) is 0 Å². The van der Waals surface area contributed by atoms with Gasteiger partial charge in [-0.25, -0.2) is 0 Å². The minimum atomic E-state index is -0.563. The Kier molecular flexibility index (Phi) is 3.52. The maximum atomic E-state index is 11.7. The Bertz CT molecular complexity index is 467. The van der Waals surface area contributed by atoms with E-state index in [4.69, 9.17) is 5.73 Å². The number of aromatic amines is 1. The molecule has 0 spiro atoms. The first-order chi connectivity index (χ1) is 8.25. The van der Waals surface area contributed by atoms with Crippen LogP contribution >= 0.6 is 0 Å². The summed E-state index contributed by atoms with van der Waals surface area (Å²) in [4.78, 5) is 11.7. The van der Waals surface area contributed by atoms with Crippen LogP contribution in [-0.4, -0.2) is 22.1 Å². The molecule has 2 aromatic rings. The second kappa shape index (κ2) is 5.27. The number of hydrogen-bond donors (Lipinski definition) is 3. The fourth-order valence-electron chi connectivity index (χ4n) is 1.51. The third-order valence-electron chi connectivity index (χ3n) is 2.40. The summed E-state index contributed by atoms with van der Waals surface area (Å²) in [6, 6.07) is 9.12. The number of anilines is 1. The zero-order chi connectivity index (χ0) is 12.1. The largest absolute Gasteiger partial charge is 0.322 e. The van der Waals surface area contributed by atoms with Gasteiger partial charge in [0.25, 0.3) is 0 Å². The molecule has 0 saturated carbocycles. The number of nitrogens with zero attached hydrogens (tertiary/aromatic N) is 1. The molecule has 17 heavy (non-hydrogen) atoms. The van der Waals surface area contributed by atoms with Crippen LogP contribution in [0.4, 0.5) is 5.69 Å². The van der Waals surface area contributed by atoms with Crippen molar-refractivity contribution in [3.8, 4) is 0 Å². The third kappa shape index (κ3) is 3.15. The van der Waals surface area contributed by atoms with Crippen LogP contribution in [0.25, 0.3) is 0 Å². The van der Waals surface area contributed by atoms with Gasteiger partial charge in [-0.1, -0.05) is 30.3 Å². The van der Waals surface area contributed by atoms with Crippen molar-refractivity contribution in [2.75, 3.05) is 5.32 Å². The maximum Gasteiger partial charge on any atom is 0.241 e. The number of nitrogens with two attached hydrogens (primary N) is 1. The van der Waals surface area contributed by atoms with Crippen molar-refractivity contribution in [1.29, 1.82) is 0 Å². The van der Waals surface area contributed by atoms with E-state index in [1.807, 2.05) is 30.3 Å². The Balaban J connectivity index is 1.92. The molecule has 0 bridgehead atoms. The van der Waals surface area contributed by atoms with Gasteiger partial charge in [-0.3, -0.25) is 9.89 Å². The summed E-state index contributed by atoms with van der Waals surface area (Å²) in [5.74, 6) is -0.213. The van der Waals surface area contributed by atoms with Gasteiger partial charge in [0.1, 0.15) is 0 Å². The van der Waals surface area contributed by atoms with E-state index >= 15 is 0 Å². The zero-order valence-corrected chi connectivity index (χ0v) is 9.26. The lowest BCUT2D eigenvalue weighted by molar-refractivity contribution is -0.117. The van der Waals surface area contributed by atoms with Crippen LogP contribution in [0, 0.1) is 0 Å². The monoisotopic (exact) mass is 230 g/mol. The molecule has 0 aliphatic carbocycles. The normalized spacial score (nSPS) is 12.1. The highest BCUT2D eigenvalue weighted by Crippen LogP contribution is 2.05. The first-order valence-corrected chi connectivity index (χ1v) is 5.35. The maximum absolute atomic E-state index is 11.7. The molecule has 0 aliphatic heterocycles. The lowest BCUT2D eigenvalue weighted by Gasteiger charge is -2.10. The van der Waals surface area contributed by atoms with Crippen LogP contribution in [-0.2, 0) is 11.2 Å². The number of H-pyrrole nitrogens is 1. The van der Waals surface area contributed by atoms with Crippen molar-refractivity contribution in [3.63, 3.8) is 0 Å². The number of nitrogens with one attached hydrogen (secondary N) is 2. The van der Waals surface area contributed by atoms with Crippen LogP contribution in [0.5, 0.6) is 0 Å². The van der Waals surface area contributed by atoms with Crippen LogP contribution in [0.15, 0.2) is 42.7 Å². The highest BCUT2D eigenvalue weighted by Gasteiger charge is 2.14. The van der Waals surface area contributed by atoms with Gasteiger partial charge in [-0.15, -0.1) is 0 Å². The molecule has 88 valence electrons. The molecule has 1 heterocycles. The highest BCUT2D eigenvalue weighted by atomic mass is 16.2.